The summed E-state index contributed by atoms with van der Waals surface area (Å²) in [6.45, 7) is 6.80. The Hall–Kier alpha value is -2.44. The van der Waals surface area contributed by atoms with Gasteiger partial charge in [0, 0.05) is 25.3 Å². The van der Waals surface area contributed by atoms with Crippen LogP contribution in [0.3, 0.4) is 0 Å². The molecule has 0 fully saturated rings. The number of benzene rings is 1. The second kappa shape index (κ2) is 7.29. The number of likely N-dealkylation sites (N-methyl/N-ethyl adjacent to an activating group) is 1. The highest BCUT2D eigenvalue weighted by atomic mass is 16.3. The van der Waals surface area contributed by atoms with Crippen molar-refractivity contribution in [2.24, 2.45) is 0 Å². The summed E-state index contributed by atoms with van der Waals surface area (Å²) in [6, 6.07) is 9.31. The maximum Gasteiger partial charge on any atom is 0.157 e. The molecule has 1 N–H and O–H groups in total. The van der Waals surface area contributed by atoms with Gasteiger partial charge in [-0.3, -0.25) is 4.90 Å². The van der Waals surface area contributed by atoms with Gasteiger partial charge >= 0.3 is 0 Å². The van der Waals surface area contributed by atoms with Crippen LogP contribution in [0.25, 0.3) is 6.08 Å². The van der Waals surface area contributed by atoms with Crippen LogP contribution in [0.5, 0.6) is 0 Å². The first kappa shape index (κ1) is 17.9. The highest BCUT2D eigenvalue weighted by Crippen LogP contribution is 2.37. The minimum atomic E-state index is 0.188. The first-order valence-electron chi connectivity index (χ1n) is 9.49. The van der Waals surface area contributed by atoms with Crippen LogP contribution in [0.4, 0.5) is 0 Å². The lowest BCUT2D eigenvalue weighted by molar-refractivity contribution is 0.217. The fourth-order valence-corrected chi connectivity index (χ4v) is 4.17. The number of rotatable bonds is 6. The Balaban J connectivity index is 1.52. The van der Waals surface area contributed by atoms with Gasteiger partial charge in [-0.25, -0.2) is 0 Å². The van der Waals surface area contributed by atoms with Crippen LogP contribution in [-0.4, -0.2) is 55.9 Å². The number of hydrogen-bond donors (Lipinski definition) is 1. The molecule has 2 aromatic rings. The number of aliphatic hydroxyl groups is 1. The number of nitrogens with zero attached hydrogens (tertiary/aromatic N) is 5. The van der Waals surface area contributed by atoms with Gasteiger partial charge in [0.25, 0.3) is 0 Å². The second-order valence-electron chi connectivity index (χ2n) is 7.53. The molecule has 6 nitrogen and oxygen atoms in total. The number of aromatic nitrogens is 3. The van der Waals surface area contributed by atoms with Crippen LogP contribution in [-0.2, 0) is 13.1 Å². The van der Waals surface area contributed by atoms with Crippen LogP contribution in [0.15, 0.2) is 42.1 Å². The van der Waals surface area contributed by atoms with E-state index in [1.165, 1.54) is 16.8 Å². The summed E-state index contributed by atoms with van der Waals surface area (Å²) in [5, 5.41) is 17.6. The van der Waals surface area contributed by atoms with Crippen LogP contribution < -0.4 is 0 Å². The standard InChI is InChI=1S/C21H27N5O/c1-15-11-20-19(7-8-21-23-22-16(2)26(20)21)25(15)14-18-6-4-5-17(12-18)13-24(3)9-10-27/h4-8,11-12,19-20,27H,9-10,13-14H2,1-3H3. The van der Waals surface area contributed by atoms with Crippen molar-refractivity contribution < 1.29 is 5.11 Å². The van der Waals surface area contributed by atoms with Crippen molar-refractivity contribution in [3.05, 3.63) is 64.9 Å². The van der Waals surface area contributed by atoms with Gasteiger partial charge in [0.1, 0.15) is 5.82 Å². The van der Waals surface area contributed by atoms with Crippen molar-refractivity contribution in [1.29, 1.82) is 0 Å². The molecule has 0 saturated carbocycles. The van der Waals surface area contributed by atoms with E-state index in [1.807, 2.05) is 14.0 Å². The zero-order valence-electron chi connectivity index (χ0n) is 16.2. The van der Waals surface area contributed by atoms with Crippen molar-refractivity contribution in [2.45, 2.75) is 39.0 Å². The molecular weight excluding hydrogens is 338 g/mol. The zero-order chi connectivity index (χ0) is 19.0. The maximum atomic E-state index is 9.10. The second-order valence-corrected chi connectivity index (χ2v) is 7.53. The third-order valence-electron chi connectivity index (χ3n) is 5.49. The average molecular weight is 365 g/mol. The van der Waals surface area contributed by atoms with Gasteiger partial charge in [-0.2, -0.15) is 0 Å². The Labute approximate surface area is 160 Å². The van der Waals surface area contributed by atoms with Gasteiger partial charge in [0.2, 0.25) is 0 Å². The molecule has 2 aliphatic heterocycles. The Morgan fingerprint density at radius 3 is 2.78 bits per heavy atom. The lowest BCUT2D eigenvalue weighted by atomic mass is 10.0. The third kappa shape index (κ3) is 3.42. The summed E-state index contributed by atoms with van der Waals surface area (Å²) in [4.78, 5) is 4.59. The Bertz CT molecular complexity index is 884. The monoisotopic (exact) mass is 365 g/mol. The average Bonchev–Trinajstić information content (AvgIpc) is 3.16. The molecule has 27 heavy (non-hydrogen) atoms. The van der Waals surface area contributed by atoms with E-state index in [-0.39, 0.29) is 12.6 Å². The molecule has 2 atom stereocenters. The van der Waals surface area contributed by atoms with Crippen LogP contribution in [0, 0.1) is 6.92 Å². The van der Waals surface area contributed by atoms with Crippen LogP contribution in [0.2, 0.25) is 0 Å². The van der Waals surface area contributed by atoms with Gasteiger partial charge in [0.05, 0.1) is 18.7 Å². The number of fused-ring (bicyclic) bond motifs is 3. The molecule has 0 aliphatic carbocycles. The van der Waals surface area contributed by atoms with Crippen molar-refractivity contribution in [2.75, 3.05) is 20.2 Å². The first-order chi connectivity index (χ1) is 13.1. The molecule has 2 unspecified atom stereocenters. The largest absolute Gasteiger partial charge is 0.395 e. The molecule has 2 aliphatic rings. The molecule has 142 valence electrons. The summed E-state index contributed by atoms with van der Waals surface area (Å²) in [7, 11) is 2.03. The zero-order valence-corrected chi connectivity index (χ0v) is 16.2. The third-order valence-corrected chi connectivity index (χ3v) is 5.49. The van der Waals surface area contributed by atoms with Gasteiger partial charge in [0.15, 0.2) is 5.82 Å². The molecule has 3 heterocycles. The summed E-state index contributed by atoms with van der Waals surface area (Å²) in [6.07, 6.45) is 6.66. The molecule has 0 radical (unpaired) electrons. The van der Waals surface area contributed by atoms with Crippen molar-refractivity contribution in [1.82, 2.24) is 24.6 Å². The Kier molecular flexibility index (Phi) is 4.85. The molecule has 0 bridgehead atoms. The predicted molar refractivity (Wildman–Crippen MR) is 106 cm³/mol. The SMILES string of the molecule is CC1=CC2C(C=Cc3nnc(C)n32)N1Cc1cccc(CN(C)CCO)c1. The normalized spacial score (nSPS) is 20.8. The van der Waals surface area contributed by atoms with E-state index in [2.05, 4.69) is 74.0 Å². The predicted octanol–water partition coefficient (Wildman–Crippen LogP) is 2.37. The van der Waals surface area contributed by atoms with Gasteiger partial charge < -0.3 is 14.6 Å². The van der Waals surface area contributed by atoms with E-state index in [9.17, 15) is 0 Å². The molecule has 0 spiro atoms. The van der Waals surface area contributed by atoms with E-state index in [0.29, 0.717) is 12.6 Å². The van der Waals surface area contributed by atoms with Crippen molar-refractivity contribution in [3.8, 4) is 0 Å². The minimum Gasteiger partial charge on any atom is -0.395 e. The van der Waals surface area contributed by atoms with Crippen molar-refractivity contribution >= 4 is 6.08 Å². The number of aliphatic hydroxyl groups excluding tert-OH is 1. The van der Waals surface area contributed by atoms with Gasteiger partial charge in [-0.1, -0.05) is 30.3 Å². The maximum absolute atomic E-state index is 9.10. The highest BCUT2D eigenvalue weighted by Gasteiger charge is 2.36. The van der Waals surface area contributed by atoms with Crippen molar-refractivity contribution in [3.63, 3.8) is 0 Å². The number of hydrogen-bond acceptors (Lipinski definition) is 5. The molecule has 1 aromatic carbocycles. The fraction of sp³-hybridized carbons (Fsp3) is 0.429. The summed E-state index contributed by atoms with van der Waals surface area (Å²) in [5.74, 6) is 1.90. The molecule has 6 heteroatoms. The minimum absolute atomic E-state index is 0.188. The topological polar surface area (TPSA) is 57.4 Å². The lowest BCUT2D eigenvalue weighted by Crippen LogP contribution is -2.35. The van der Waals surface area contributed by atoms with Gasteiger partial charge in [-0.15, -0.1) is 10.2 Å². The molecular formula is C21H27N5O. The smallest absolute Gasteiger partial charge is 0.157 e. The molecule has 0 saturated heterocycles. The molecule has 1 aromatic heterocycles. The fourth-order valence-electron chi connectivity index (χ4n) is 4.17. The summed E-state index contributed by atoms with van der Waals surface area (Å²) < 4.78 is 2.23. The molecule has 0 amide bonds. The van der Waals surface area contributed by atoms with E-state index in [1.54, 1.807) is 0 Å². The van der Waals surface area contributed by atoms with E-state index < -0.39 is 0 Å². The van der Waals surface area contributed by atoms with Gasteiger partial charge in [-0.05, 0) is 44.2 Å². The number of aryl methyl sites for hydroxylation is 1. The number of allylic oxidation sites excluding steroid dienone is 1. The van der Waals surface area contributed by atoms with E-state index >= 15 is 0 Å². The van der Waals surface area contributed by atoms with Crippen LogP contribution >= 0.6 is 0 Å². The lowest BCUT2D eigenvalue weighted by Gasteiger charge is -2.32. The van der Waals surface area contributed by atoms with Crippen LogP contribution in [0.1, 0.15) is 35.7 Å². The van der Waals surface area contributed by atoms with E-state index in [0.717, 1.165) is 24.7 Å². The van der Waals surface area contributed by atoms with E-state index in [4.69, 9.17) is 5.11 Å². The summed E-state index contributed by atoms with van der Waals surface area (Å²) >= 11 is 0. The highest BCUT2D eigenvalue weighted by molar-refractivity contribution is 5.48. The molecule has 4 rings (SSSR count). The first-order valence-corrected chi connectivity index (χ1v) is 9.49. The quantitative estimate of drug-likeness (QED) is 0.852. The summed E-state index contributed by atoms with van der Waals surface area (Å²) in [5.41, 5.74) is 3.87. The Morgan fingerprint density at radius 1 is 1.15 bits per heavy atom. The Morgan fingerprint density at radius 2 is 1.96 bits per heavy atom.